The normalized spacial score (nSPS) is 12.3. The molecule has 3 nitrogen and oxygen atoms in total. The molecule has 0 fully saturated rings. The van der Waals surface area contributed by atoms with Crippen LogP contribution in [0.1, 0.15) is 6.92 Å². The molecule has 0 aliphatic rings. The van der Waals surface area contributed by atoms with Crippen LogP contribution < -0.4 is 10.1 Å². The van der Waals surface area contributed by atoms with E-state index in [0.29, 0.717) is 0 Å². The van der Waals surface area contributed by atoms with Gasteiger partial charge in [0.2, 0.25) is 0 Å². The number of hydrogen-bond donors (Lipinski definition) is 2. The summed E-state index contributed by atoms with van der Waals surface area (Å²) in [5.41, 5.74) is 0.0685. The van der Waals surface area contributed by atoms with Crippen LogP contribution in [0.3, 0.4) is 0 Å². The van der Waals surface area contributed by atoms with Crippen molar-refractivity contribution in [1.82, 2.24) is 0 Å². The van der Waals surface area contributed by atoms with Crippen LogP contribution in [-0.2, 0) is 0 Å². The number of anilines is 1. The van der Waals surface area contributed by atoms with Crippen molar-refractivity contribution in [2.45, 2.75) is 13.0 Å². The number of rotatable bonds is 6. The van der Waals surface area contributed by atoms with E-state index in [-0.39, 0.29) is 24.7 Å². The van der Waals surface area contributed by atoms with Crippen molar-refractivity contribution in [2.75, 3.05) is 24.3 Å². The van der Waals surface area contributed by atoms with E-state index in [1.807, 2.05) is 0 Å². The van der Waals surface area contributed by atoms with Crippen molar-refractivity contribution < 1.29 is 18.6 Å². The van der Waals surface area contributed by atoms with E-state index in [1.165, 1.54) is 6.07 Å². The molecule has 0 aromatic heterocycles. The van der Waals surface area contributed by atoms with Gasteiger partial charge in [-0.2, -0.15) is 0 Å². The zero-order valence-corrected chi connectivity index (χ0v) is 10.1. The lowest BCUT2D eigenvalue weighted by Crippen LogP contribution is -2.21. The molecule has 1 aromatic rings. The SMILES string of the molecule is CCOc1c(F)ccc(NCC(O)CCl)c1F. The van der Waals surface area contributed by atoms with E-state index in [4.69, 9.17) is 16.3 Å². The van der Waals surface area contributed by atoms with Crippen molar-refractivity contribution in [3.8, 4) is 5.75 Å². The van der Waals surface area contributed by atoms with E-state index in [2.05, 4.69) is 5.32 Å². The van der Waals surface area contributed by atoms with Gasteiger partial charge in [-0.3, -0.25) is 0 Å². The molecule has 1 rings (SSSR count). The average molecular weight is 266 g/mol. The molecule has 1 aromatic carbocycles. The average Bonchev–Trinajstić information content (AvgIpc) is 2.33. The number of halogens is 3. The van der Waals surface area contributed by atoms with Crippen molar-refractivity contribution in [3.63, 3.8) is 0 Å². The number of nitrogens with one attached hydrogen (secondary N) is 1. The smallest absolute Gasteiger partial charge is 0.192 e. The molecule has 0 heterocycles. The molecule has 1 unspecified atom stereocenters. The largest absolute Gasteiger partial charge is 0.488 e. The van der Waals surface area contributed by atoms with Gasteiger partial charge in [0.25, 0.3) is 0 Å². The minimum atomic E-state index is -0.811. The Balaban J connectivity index is 2.82. The predicted octanol–water partition coefficient (Wildman–Crippen LogP) is 2.38. The highest BCUT2D eigenvalue weighted by molar-refractivity contribution is 6.18. The summed E-state index contributed by atoms with van der Waals surface area (Å²) in [5.74, 6) is -1.95. The van der Waals surface area contributed by atoms with Gasteiger partial charge >= 0.3 is 0 Å². The number of hydrogen-bond acceptors (Lipinski definition) is 3. The second kappa shape index (κ2) is 6.61. The summed E-state index contributed by atoms with van der Waals surface area (Å²) >= 11 is 5.40. The number of benzene rings is 1. The third-order valence-corrected chi connectivity index (χ3v) is 2.40. The maximum Gasteiger partial charge on any atom is 0.192 e. The fourth-order valence-electron chi connectivity index (χ4n) is 1.23. The monoisotopic (exact) mass is 265 g/mol. The van der Waals surface area contributed by atoms with Crippen molar-refractivity contribution >= 4 is 17.3 Å². The van der Waals surface area contributed by atoms with Crippen LogP contribution in [0, 0.1) is 11.6 Å². The molecule has 0 bridgehead atoms. The van der Waals surface area contributed by atoms with Crippen LogP contribution in [0.4, 0.5) is 14.5 Å². The molecule has 1 atom stereocenters. The summed E-state index contributed by atoms with van der Waals surface area (Å²) in [6, 6.07) is 2.34. The van der Waals surface area contributed by atoms with Gasteiger partial charge in [0.1, 0.15) is 0 Å². The van der Waals surface area contributed by atoms with Crippen LogP contribution in [0.25, 0.3) is 0 Å². The van der Waals surface area contributed by atoms with E-state index in [0.717, 1.165) is 6.07 Å². The Bertz CT molecular complexity index is 377. The van der Waals surface area contributed by atoms with Gasteiger partial charge in [0.15, 0.2) is 17.4 Å². The van der Waals surface area contributed by atoms with Gasteiger partial charge < -0.3 is 15.2 Å². The molecule has 0 aliphatic carbocycles. The Morgan fingerprint density at radius 2 is 2.18 bits per heavy atom. The van der Waals surface area contributed by atoms with Crippen molar-refractivity contribution in [3.05, 3.63) is 23.8 Å². The first kappa shape index (κ1) is 14.0. The predicted molar refractivity (Wildman–Crippen MR) is 62.7 cm³/mol. The summed E-state index contributed by atoms with van der Waals surface area (Å²) in [6.45, 7) is 1.88. The summed E-state index contributed by atoms with van der Waals surface area (Å²) in [6.07, 6.45) is -0.795. The lowest BCUT2D eigenvalue weighted by molar-refractivity contribution is 0.211. The number of ether oxygens (including phenoxy) is 1. The molecule has 0 amide bonds. The summed E-state index contributed by atoms with van der Waals surface area (Å²) in [4.78, 5) is 0. The highest BCUT2D eigenvalue weighted by Gasteiger charge is 2.15. The maximum absolute atomic E-state index is 13.7. The lowest BCUT2D eigenvalue weighted by Gasteiger charge is -2.13. The third kappa shape index (κ3) is 3.71. The van der Waals surface area contributed by atoms with Gasteiger partial charge in [-0.25, -0.2) is 8.78 Å². The van der Waals surface area contributed by atoms with Gasteiger partial charge in [-0.05, 0) is 19.1 Å². The van der Waals surface area contributed by atoms with Gasteiger partial charge in [-0.15, -0.1) is 11.6 Å². The highest BCUT2D eigenvalue weighted by atomic mass is 35.5. The molecule has 0 radical (unpaired) electrons. The maximum atomic E-state index is 13.7. The quantitative estimate of drug-likeness (QED) is 0.776. The fourth-order valence-corrected chi connectivity index (χ4v) is 1.34. The van der Waals surface area contributed by atoms with Crippen LogP contribution in [-0.4, -0.2) is 30.2 Å². The standard InChI is InChI=1S/C11H14ClF2NO2/c1-2-17-11-8(13)3-4-9(10(11)14)15-6-7(16)5-12/h3-4,7,15-16H,2,5-6H2,1H3. The Kier molecular flexibility index (Phi) is 5.44. The summed E-state index contributed by atoms with van der Waals surface area (Å²) in [5, 5.41) is 11.8. The lowest BCUT2D eigenvalue weighted by atomic mass is 10.2. The second-order valence-electron chi connectivity index (χ2n) is 3.36. The topological polar surface area (TPSA) is 41.5 Å². The molecule has 0 spiro atoms. The fraction of sp³-hybridized carbons (Fsp3) is 0.455. The molecule has 0 aliphatic heterocycles. The molecule has 17 heavy (non-hydrogen) atoms. The number of aliphatic hydroxyl groups excluding tert-OH is 1. The highest BCUT2D eigenvalue weighted by Crippen LogP contribution is 2.27. The number of alkyl halides is 1. The Morgan fingerprint density at radius 3 is 2.76 bits per heavy atom. The molecule has 2 N–H and O–H groups in total. The Hall–Kier alpha value is -1.07. The van der Waals surface area contributed by atoms with E-state index < -0.39 is 23.5 Å². The molecule has 96 valence electrons. The summed E-state index contributed by atoms with van der Waals surface area (Å²) < 4.78 is 31.8. The zero-order valence-electron chi connectivity index (χ0n) is 9.34. The van der Waals surface area contributed by atoms with Crippen molar-refractivity contribution in [2.24, 2.45) is 0 Å². The third-order valence-electron chi connectivity index (χ3n) is 2.04. The first-order chi connectivity index (χ1) is 8.10. The zero-order chi connectivity index (χ0) is 12.8. The van der Waals surface area contributed by atoms with E-state index >= 15 is 0 Å². The first-order valence-electron chi connectivity index (χ1n) is 5.18. The molecule has 0 saturated heterocycles. The van der Waals surface area contributed by atoms with Gasteiger partial charge in [0, 0.05) is 6.54 Å². The summed E-state index contributed by atoms with van der Waals surface area (Å²) in [7, 11) is 0. The van der Waals surface area contributed by atoms with Crippen LogP contribution >= 0.6 is 11.6 Å². The van der Waals surface area contributed by atoms with Crippen LogP contribution in [0.15, 0.2) is 12.1 Å². The van der Waals surface area contributed by atoms with Gasteiger partial charge in [-0.1, -0.05) is 0 Å². The van der Waals surface area contributed by atoms with E-state index in [1.54, 1.807) is 6.92 Å². The minimum Gasteiger partial charge on any atom is -0.488 e. The van der Waals surface area contributed by atoms with Crippen LogP contribution in [0.2, 0.25) is 0 Å². The molecule has 6 heteroatoms. The minimum absolute atomic E-state index is 0.0358. The second-order valence-corrected chi connectivity index (χ2v) is 3.67. The van der Waals surface area contributed by atoms with Gasteiger partial charge in [0.05, 0.1) is 24.3 Å². The van der Waals surface area contributed by atoms with Crippen molar-refractivity contribution in [1.29, 1.82) is 0 Å². The molecular weight excluding hydrogens is 252 g/mol. The molecule has 0 saturated carbocycles. The van der Waals surface area contributed by atoms with Crippen LogP contribution in [0.5, 0.6) is 5.75 Å². The molecular formula is C11H14ClF2NO2. The first-order valence-corrected chi connectivity index (χ1v) is 5.72. The van der Waals surface area contributed by atoms with E-state index in [9.17, 15) is 13.9 Å². The Labute approximate surface area is 103 Å². The Morgan fingerprint density at radius 1 is 1.47 bits per heavy atom. The number of aliphatic hydroxyl groups is 1.